The normalized spacial score (nSPS) is 26.2. The molecule has 0 unspecified atom stereocenters. The van der Waals surface area contributed by atoms with Gasteiger partial charge < -0.3 is 49.4 Å². The fourth-order valence-corrected chi connectivity index (χ4v) is 7.43. The number of likely N-dealkylation sites (tertiary alicyclic amines) is 1. The van der Waals surface area contributed by atoms with Crippen molar-refractivity contribution in [1.29, 1.82) is 0 Å². The third-order valence-electron chi connectivity index (χ3n) is 10.6. The molecule has 2 aliphatic heterocycles. The first kappa shape index (κ1) is 43.5. The summed E-state index contributed by atoms with van der Waals surface area (Å²) in [7, 11) is 4.90. The lowest BCUT2D eigenvalue weighted by Crippen LogP contribution is -2.55. The Bertz CT molecular complexity index is 1280. The summed E-state index contributed by atoms with van der Waals surface area (Å²) in [6.45, 7) is 14.1. The Morgan fingerprint density at radius 2 is 1.73 bits per heavy atom. The van der Waals surface area contributed by atoms with Crippen LogP contribution in [-0.2, 0) is 33.3 Å². The molecule has 4 N–H and O–H groups in total. The number of hydrogen-bond donors (Lipinski definition) is 4. The Kier molecular flexibility index (Phi) is 17.2. The third-order valence-corrected chi connectivity index (χ3v) is 10.6. The van der Waals surface area contributed by atoms with Crippen LogP contribution in [0.1, 0.15) is 78.4 Å². The van der Waals surface area contributed by atoms with Crippen LogP contribution in [0.3, 0.4) is 0 Å². The maximum Gasteiger partial charge on any atom is 0.226 e. The van der Waals surface area contributed by atoms with Gasteiger partial charge in [0.2, 0.25) is 17.7 Å². The van der Waals surface area contributed by atoms with Crippen molar-refractivity contribution in [3.05, 3.63) is 48.6 Å². The van der Waals surface area contributed by atoms with Crippen molar-refractivity contribution < 1.29 is 48.7 Å². The van der Waals surface area contributed by atoms with Gasteiger partial charge in [-0.25, -0.2) is 0 Å². The van der Waals surface area contributed by atoms with Crippen molar-refractivity contribution in [2.75, 3.05) is 34.4 Å². The van der Waals surface area contributed by atoms with Crippen molar-refractivity contribution in [3.8, 4) is 0 Å². The summed E-state index contributed by atoms with van der Waals surface area (Å²) in [6.07, 6.45) is -3.39. The summed E-state index contributed by atoms with van der Waals surface area (Å²) in [5.41, 5.74) is 0.660. The van der Waals surface area contributed by atoms with Gasteiger partial charge in [-0.1, -0.05) is 77.4 Å². The van der Waals surface area contributed by atoms with Gasteiger partial charge in [-0.05, 0) is 30.2 Å². The van der Waals surface area contributed by atoms with E-state index < -0.39 is 54.9 Å². The molecule has 0 spiro atoms. The van der Waals surface area contributed by atoms with Crippen LogP contribution in [0.4, 0.5) is 0 Å². The van der Waals surface area contributed by atoms with E-state index in [1.165, 1.54) is 13.2 Å². The van der Waals surface area contributed by atoms with Gasteiger partial charge >= 0.3 is 0 Å². The summed E-state index contributed by atoms with van der Waals surface area (Å²) in [5, 5.41) is 33.8. The predicted molar refractivity (Wildman–Crippen MR) is 196 cm³/mol. The Morgan fingerprint density at radius 3 is 2.31 bits per heavy atom. The first-order chi connectivity index (χ1) is 24.7. The van der Waals surface area contributed by atoms with E-state index in [0.717, 1.165) is 12.8 Å². The first-order valence-corrected chi connectivity index (χ1v) is 18.6. The third kappa shape index (κ3) is 10.8. The van der Waals surface area contributed by atoms with Crippen LogP contribution >= 0.6 is 0 Å². The molecule has 1 aromatic carbocycles. The molecule has 294 valence electrons. The van der Waals surface area contributed by atoms with Crippen LogP contribution in [0.25, 0.3) is 0 Å². The van der Waals surface area contributed by atoms with Crippen molar-refractivity contribution in [1.82, 2.24) is 15.1 Å². The monoisotopic (exact) mass is 733 g/mol. The molecule has 0 aliphatic carbocycles. The number of rotatable bonds is 19. The average Bonchev–Trinajstić information content (AvgIpc) is 3.62. The summed E-state index contributed by atoms with van der Waals surface area (Å²) in [5.74, 6) is -0.881. The number of methoxy groups -OCH3 is 2. The lowest BCUT2D eigenvalue weighted by atomic mass is 9.90. The largest absolute Gasteiger partial charge is 0.388 e. The van der Waals surface area contributed by atoms with Gasteiger partial charge in [-0.3, -0.25) is 14.4 Å². The number of carbonyl (C=O) groups excluding carboxylic acids is 3. The number of hydrogen-bond acceptors (Lipinski definition) is 10. The molecular formula is C39H63N3O10. The van der Waals surface area contributed by atoms with Crippen molar-refractivity contribution in [2.45, 2.75) is 128 Å². The van der Waals surface area contributed by atoms with Crippen molar-refractivity contribution in [2.24, 2.45) is 17.8 Å². The van der Waals surface area contributed by atoms with Crippen LogP contribution in [-0.4, -0.2) is 132 Å². The molecular weight excluding hydrogens is 670 g/mol. The molecule has 2 aliphatic rings. The second kappa shape index (κ2) is 20.5. The molecule has 2 fully saturated rings. The van der Waals surface area contributed by atoms with Gasteiger partial charge in [-0.2, -0.15) is 0 Å². The highest BCUT2D eigenvalue weighted by Crippen LogP contribution is 2.31. The van der Waals surface area contributed by atoms with Crippen LogP contribution in [0, 0.1) is 17.8 Å². The summed E-state index contributed by atoms with van der Waals surface area (Å²) in [4.78, 5) is 44.7. The number of nitrogens with one attached hydrogen (secondary N) is 1. The molecule has 2 heterocycles. The average molecular weight is 734 g/mol. The molecule has 13 heteroatoms. The quantitative estimate of drug-likeness (QED) is 0.155. The number of aliphatic hydroxyl groups is 3. The molecule has 1 aromatic rings. The topological polar surface area (TPSA) is 167 Å². The minimum atomic E-state index is -1.53. The number of amides is 3. The van der Waals surface area contributed by atoms with Crippen LogP contribution in [0.15, 0.2) is 43.0 Å². The van der Waals surface area contributed by atoms with Crippen molar-refractivity contribution >= 4 is 17.7 Å². The Balaban J connectivity index is 1.78. The lowest BCUT2D eigenvalue weighted by molar-refractivity contribution is -0.285. The molecule has 0 saturated carbocycles. The Labute approximate surface area is 309 Å². The molecule has 0 aromatic heterocycles. The number of benzene rings is 1. The second-order valence-corrected chi connectivity index (χ2v) is 14.7. The van der Waals surface area contributed by atoms with Crippen molar-refractivity contribution in [3.63, 3.8) is 0 Å². The maximum absolute atomic E-state index is 14.0. The molecule has 0 bridgehead atoms. The van der Waals surface area contributed by atoms with E-state index in [2.05, 4.69) is 25.7 Å². The van der Waals surface area contributed by atoms with Gasteiger partial charge in [0.1, 0.15) is 24.4 Å². The minimum Gasteiger partial charge on any atom is -0.388 e. The van der Waals surface area contributed by atoms with Crippen LogP contribution in [0.2, 0.25) is 0 Å². The highest BCUT2D eigenvalue weighted by molar-refractivity contribution is 5.81. The number of aliphatic hydroxyl groups excluding tert-OH is 3. The predicted octanol–water partition coefficient (Wildman–Crippen LogP) is 2.82. The zero-order valence-electron chi connectivity index (χ0n) is 32.2. The highest BCUT2D eigenvalue weighted by atomic mass is 16.7. The van der Waals surface area contributed by atoms with Crippen LogP contribution in [0.5, 0.6) is 0 Å². The summed E-state index contributed by atoms with van der Waals surface area (Å²) < 4.78 is 23.6. The van der Waals surface area contributed by atoms with Crippen LogP contribution < -0.4 is 5.32 Å². The minimum absolute atomic E-state index is 0.0182. The smallest absolute Gasteiger partial charge is 0.226 e. The molecule has 3 amide bonds. The zero-order valence-corrected chi connectivity index (χ0v) is 32.2. The number of likely N-dealkylation sites (N-methyl/N-ethyl adjacent to an activating group) is 1. The molecule has 3 rings (SSSR count). The molecule has 13 nitrogen and oxygen atoms in total. The van der Waals surface area contributed by atoms with E-state index >= 15 is 0 Å². The van der Waals surface area contributed by atoms with E-state index in [-0.39, 0.29) is 54.7 Å². The van der Waals surface area contributed by atoms with E-state index in [1.807, 2.05) is 19.9 Å². The fraction of sp³-hybridized carbons (Fsp3) is 0.718. The zero-order chi connectivity index (χ0) is 38.7. The van der Waals surface area contributed by atoms with Gasteiger partial charge in [0.15, 0.2) is 6.29 Å². The standard InChI is InChI=1S/C39H63N3O10/c1-10-24(5)33(41(7)31(44)20-23(3)4)30(49-8)21-32(45)42-19-15-18-28(42)36(50-9)25(6)38(48)40-27(11-2)37(26-16-13-12-14-17-26)52-39-35(47)34(46)29(43)22-51-39/h11-14,16-17,23-25,27-30,33-37,39,43,46-47H,2,10,15,18-22H2,1,3-9H3,(H,40,48)/t24-,25+,27+,28-,29+,30+,33-,34-,35+,36+,37-,39-/m0/s1. The van der Waals surface area contributed by atoms with E-state index in [1.54, 1.807) is 55.1 Å². The number of nitrogens with zero attached hydrogens (tertiary/aromatic N) is 2. The molecule has 52 heavy (non-hydrogen) atoms. The Hall–Kier alpha value is -2.91. The summed E-state index contributed by atoms with van der Waals surface area (Å²) >= 11 is 0. The first-order valence-electron chi connectivity index (χ1n) is 18.6. The van der Waals surface area contributed by atoms with Gasteiger partial charge in [-0.15, -0.1) is 6.58 Å². The lowest BCUT2D eigenvalue weighted by Gasteiger charge is -2.40. The number of carbonyl (C=O) groups is 3. The SMILES string of the molecule is C=C[C@@H](NC(=O)[C@H](C)[C@@H](OC)[C@@H]1CCCN1C(=O)C[C@@H](OC)[C@H]([C@@H](C)CC)N(C)C(=O)CC(C)C)[C@@H](O[C@@H]1OC[C@@H](O)[C@H](O)[C@H]1O)c1ccccc1. The van der Waals surface area contributed by atoms with Gasteiger partial charge in [0, 0.05) is 34.2 Å². The summed E-state index contributed by atoms with van der Waals surface area (Å²) in [6, 6.07) is 7.58. The van der Waals surface area contributed by atoms with E-state index in [4.69, 9.17) is 18.9 Å². The van der Waals surface area contributed by atoms with E-state index in [9.17, 15) is 29.7 Å². The molecule has 2 saturated heterocycles. The second-order valence-electron chi connectivity index (χ2n) is 14.7. The molecule has 12 atom stereocenters. The van der Waals surface area contributed by atoms with Gasteiger partial charge in [0.05, 0.1) is 49.3 Å². The number of ether oxygens (including phenoxy) is 4. The van der Waals surface area contributed by atoms with Gasteiger partial charge in [0.25, 0.3) is 0 Å². The maximum atomic E-state index is 14.0. The van der Waals surface area contributed by atoms with E-state index in [0.29, 0.717) is 24.9 Å². The Morgan fingerprint density at radius 1 is 1.06 bits per heavy atom. The molecule has 0 radical (unpaired) electrons. The highest BCUT2D eigenvalue weighted by Gasteiger charge is 2.44. The fourth-order valence-electron chi connectivity index (χ4n) is 7.43.